The van der Waals surface area contributed by atoms with Crippen LogP contribution in [0.3, 0.4) is 0 Å². The highest BCUT2D eigenvalue weighted by molar-refractivity contribution is 6.32. The van der Waals surface area contributed by atoms with Gasteiger partial charge in [0.1, 0.15) is 10.6 Å². The molecule has 0 radical (unpaired) electrons. The molecule has 4 rings (SSSR count). The standard InChI is InChI=1S/C25H26ClN9O3/c1-5-21(36)29-17-8-6-16(7-9-17)14-34-15-18(12-28-34)30-23-27-13-19(26)22(32-23)31-20-10-11-35(33-20)24(37)38-25(2,3)4/h5-13,15H,1,14H2,2-4H3,(H,29,36)(H2,27,30,31,32,33). The van der Waals surface area contributed by atoms with Crippen molar-refractivity contribution in [2.24, 2.45) is 0 Å². The van der Waals surface area contributed by atoms with E-state index in [0.717, 1.165) is 10.2 Å². The molecule has 1 aromatic carbocycles. The highest BCUT2D eigenvalue weighted by atomic mass is 35.5. The summed E-state index contributed by atoms with van der Waals surface area (Å²) in [5.41, 5.74) is 1.71. The lowest BCUT2D eigenvalue weighted by atomic mass is 10.2. The number of nitrogens with one attached hydrogen (secondary N) is 3. The lowest BCUT2D eigenvalue weighted by molar-refractivity contribution is -0.111. The van der Waals surface area contributed by atoms with Crippen LogP contribution >= 0.6 is 11.6 Å². The molecule has 13 heteroatoms. The predicted molar refractivity (Wildman–Crippen MR) is 144 cm³/mol. The van der Waals surface area contributed by atoms with Gasteiger partial charge in [-0.1, -0.05) is 30.3 Å². The third kappa shape index (κ3) is 7.17. The molecular formula is C25H26ClN9O3. The van der Waals surface area contributed by atoms with Gasteiger partial charge < -0.3 is 20.7 Å². The molecule has 0 unspecified atom stereocenters. The van der Waals surface area contributed by atoms with E-state index in [0.29, 0.717) is 29.6 Å². The van der Waals surface area contributed by atoms with E-state index in [4.69, 9.17) is 16.3 Å². The molecule has 3 aromatic heterocycles. The predicted octanol–water partition coefficient (Wildman–Crippen LogP) is 4.97. The molecule has 12 nitrogen and oxygen atoms in total. The van der Waals surface area contributed by atoms with E-state index in [-0.39, 0.29) is 16.9 Å². The molecule has 196 valence electrons. The molecule has 0 spiro atoms. The van der Waals surface area contributed by atoms with Gasteiger partial charge in [0.15, 0.2) is 11.6 Å². The van der Waals surface area contributed by atoms with Crippen molar-refractivity contribution in [2.45, 2.75) is 32.9 Å². The van der Waals surface area contributed by atoms with Crippen molar-refractivity contribution in [3.8, 4) is 0 Å². The third-order valence-electron chi connectivity index (χ3n) is 4.80. The summed E-state index contributed by atoms with van der Waals surface area (Å²) < 4.78 is 8.14. The summed E-state index contributed by atoms with van der Waals surface area (Å²) in [6, 6.07) is 9.02. The summed E-state index contributed by atoms with van der Waals surface area (Å²) >= 11 is 6.26. The first-order valence-electron chi connectivity index (χ1n) is 11.5. The number of ether oxygens (including phenoxy) is 1. The molecule has 0 bridgehead atoms. The van der Waals surface area contributed by atoms with Crippen molar-refractivity contribution >= 4 is 52.6 Å². The molecule has 4 aromatic rings. The van der Waals surface area contributed by atoms with Crippen LogP contribution in [-0.4, -0.2) is 47.1 Å². The topological polar surface area (TPSA) is 141 Å². The largest absolute Gasteiger partial charge is 0.442 e. The molecule has 0 fully saturated rings. The fourth-order valence-corrected chi connectivity index (χ4v) is 3.29. The zero-order valence-corrected chi connectivity index (χ0v) is 21.7. The summed E-state index contributed by atoms with van der Waals surface area (Å²) in [7, 11) is 0. The number of carbonyl (C=O) groups excluding carboxylic acids is 2. The Bertz CT molecular complexity index is 1460. The number of benzene rings is 1. The van der Waals surface area contributed by atoms with Gasteiger partial charge in [-0.3, -0.25) is 9.48 Å². The van der Waals surface area contributed by atoms with E-state index in [1.807, 2.05) is 24.3 Å². The monoisotopic (exact) mass is 535 g/mol. The maximum absolute atomic E-state index is 12.2. The first kappa shape index (κ1) is 26.4. The van der Waals surface area contributed by atoms with Crippen molar-refractivity contribution in [2.75, 3.05) is 16.0 Å². The van der Waals surface area contributed by atoms with Crippen LogP contribution in [0.4, 0.5) is 33.8 Å². The first-order valence-corrected chi connectivity index (χ1v) is 11.9. The van der Waals surface area contributed by atoms with E-state index in [9.17, 15) is 9.59 Å². The number of anilines is 5. The Morgan fingerprint density at radius 2 is 1.87 bits per heavy atom. The molecule has 3 heterocycles. The van der Waals surface area contributed by atoms with Crippen LogP contribution in [0.1, 0.15) is 26.3 Å². The zero-order chi connectivity index (χ0) is 27.3. The van der Waals surface area contributed by atoms with Crippen molar-refractivity contribution in [1.82, 2.24) is 29.5 Å². The molecular weight excluding hydrogens is 510 g/mol. The number of aromatic nitrogens is 6. The van der Waals surface area contributed by atoms with E-state index in [1.54, 1.807) is 43.9 Å². The van der Waals surface area contributed by atoms with Crippen molar-refractivity contribution in [3.05, 3.63) is 78.4 Å². The summed E-state index contributed by atoms with van der Waals surface area (Å²) in [6.45, 7) is 9.28. The fourth-order valence-electron chi connectivity index (χ4n) is 3.15. The summed E-state index contributed by atoms with van der Waals surface area (Å²) in [4.78, 5) is 32.2. The van der Waals surface area contributed by atoms with Crippen LogP contribution in [-0.2, 0) is 16.1 Å². The van der Waals surface area contributed by atoms with Gasteiger partial charge in [-0.2, -0.15) is 14.8 Å². The van der Waals surface area contributed by atoms with Gasteiger partial charge in [0.05, 0.1) is 24.6 Å². The quantitative estimate of drug-likeness (QED) is 0.267. The lowest BCUT2D eigenvalue weighted by Crippen LogP contribution is -2.27. The zero-order valence-electron chi connectivity index (χ0n) is 21.0. The fraction of sp³-hybridized carbons (Fsp3) is 0.200. The minimum atomic E-state index is -0.643. The molecule has 0 saturated carbocycles. The van der Waals surface area contributed by atoms with Crippen molar-refractivity contribution in [1.29, 1.82) is 0 Å². The van der Waals surface area contributed by atoms with E-state index < -0.39 is 11.7 Å². The van der Waals surface area contributed by atoms with Crippen LogP contribution in [0, 0.1) is 0 Å². The van der Waals surface area contributed by atoms with Gasteiger partial charge in [-0.15, -0.1) is 5.10 Å². The Balaban J connectivity index is 1.38. The van der Waals surface area contributed by atoms with Crippen molar-refractivity contribution < 1.29 is 14.3 Å². The van der Waals surface area contributed by atoms with Crippen LogP contribution in [0.15, 0.2) is 67.8 Å². The summed E-state index contributed by atoms with van der Waals surface area (Å²) in [5.74, 6) is 0.670. The number of nitrogens with zero attached hydrogens (tertiary/aromatic N) is 6. The van der Waals surface area contributed by atoms with Crippen LogP contribution < -0.4 is 16.0 Å². The van der Waals surface area contributed by atoms with Gasteiger partial charge in [-0.25, -0.2) is 9.78 Å². The van der Waals surface area contributed by atoms with Crippen LogP contribution in [0.25, 0.3) is 0 Å². The maximum Gasteiger partial charge on any atom is 0.435 e. The molecule has 0 saturated heterocycles. The Hall–Kier alpha value is -4.71. The second kappa shape index (κ2) is 11.1. The number of amides is 1. The molecule has 1 amide bonds. The molecule has 0 aliphatic heterocycles. The normalized spacial score (nSPS) is 11.1. The third-order valence-corrected chi connectivity index (χ3v) is 5.08. The first-order chi connectivity index (χ1) is 18.1. The molecule has 38 heavy (non-hydrogen) atoms. The van der Waals surface area contributed by atoms with E-state index >= 15 is 0 Å². The minimum Gasteiger partial charge on any atom is -0.442 e. The van der Waals surface area contributed by atoms with Gasteiger partial charge in [0.2, 0.25) is 11.9 Å². The Morgan fingerprint density at radius 1 is 1.11 bits per heavy atom. The SMILES string of the molecule is C=CC(=O)Nc1ccc(Cn2cc(Nc3ncc(Cl)c(Nc4ccn(C(=O)OC(C)(C)C)n4)n3)cn2)cc1. The van der Waals surface area contributed by atoms with Gasteiger partial charge in [-0.05, 0) is 44.5 Å². The summed E-state index contributed by atoms with van der Waals surface area (Å²) in [5, 5.41) is 17.6. The molecule has 0 aliphatic rings. The number of halogens is 1. The average Bonchev–Trinajstić information content (AvgIpc) is 3.51. The number of hydrogen-bond donors (Lipinski definition) is 3. The highest BCUT2D eigenvalue weighted by Crippen LogP contribution is 2.24. The Labute approximate surface area is 223 Å². The van der Waals surface area contributed by atoms with Gasteiger partial charge in [0, 0.05) is 24.1 Å². The van der Waals surface area contributed by atoms with Crippen LogP contribution in [0.2, 0.25) is 5.02 Å². The average molecular weight is 536 g/mol. The van der Waals surface area contributed by atoms with Gasteiger partial charge >= 0.3 is 6.09 Å². The number of carbonyl (C=O) groups is 2. The number of rotatable bonds is 8. The second-order valence-corrected chi connectivity index (χ2v) is 9.49. The van der Waals surface area contributed by atoms with E-state index in [1.165, 1.54) is 18.5 Å². The minimum absolute atomic E-state index is 0.265. The van der Waals surface area contributed by atoms with Crippen molar-refractivity contribution in [3.63, 3.8) is 0 Å². The molecule has 0 atom stereocenters. The lowest BCUT2D eigenvalue weighted by Gasteiger charge is -2.18. The van der Waals surface area contributed by atoms with Crippen LogP contribution in [0.5, 0.6) is 0 Å². The smallest absolute Gasteiger partial charge is 0.435 e. The number of hydrogen-bond acceptors (Lipinski definition) is 9. The Kier molecular flexibility index (Phi) is 7.72. The Morgan fingerprint density at radius 3 is 2.58 bits per heavy atom. The van der Waals surface area contributed by atoms with Gasteiger partial charge in [0.25, 0.3) is 0 Å². The highest BCUT2D eigenvalue weighted by Gasteiger charge is 2.19. The van der Waals surface area contributed by atoms with E-state index in [2.05, 4.69) is 42.7 Å². The summed E-state index contributed by atoms with van der Waals surface area (Å²) in [6.07, 6.45) is 6.99. The molecule has 3 N–H and O–H groups in total. The second-order valence-electron chi connectivity index (χ2n) is 9.08. The molecule has 0 aliphatic carbocycles. The maximum atomic E-state index is 12.2.